The fourth-order valence-electron chi connectivity index (χ4n) is 2.29. The second-order valence-electron chi connectivity index (χ2n) is 5.66. The molecular weight excluding hydrogens is 343 g/mol. The quantitative estimate of drug-likeness (QED) is 0.707. The highest BCUT2D eigenvalue weighted by Gasteiger charge is 2.14. The molecule has 0 saturated heterocycles. The average molecular weight is 364 g/mol. The van der Waals surface area contributed by atoms with Gasteiger partial charge in [-0.15, -0.1) is 0 Å². The van der Waals surface area contributed by atoms with Crippen molar-refractivity contribution in [3.8, 4) is 0 Å². The first-order chi connectivity index (χ1) is 11.9. The zero-order valence-electron chi connectivity index (χ0n) is 13.9. The molecule has 5 nitrogen and oxygen atoms in total. The van der Waals surface area contributed by atoms with Crippen LogP contribution in [0.4, 0.5) is 4.39 Å². The van der Waals surface area contributed by atoms with E-state index in [1.807, 2.05) is 37.3 Å². The van der Waals surface area contributed by atoms with Gasteiger partial charge in [-0.05, 0) is 43.2 Å². The minimum absolute atomic E-state index is 0.00366. The first kappa shape index (κ1) is 19.1. The molecule has 0 saturated carbocycles. The van der Waals surface area contributed by atoms with E-state index in [0.717, 1.165) is 17.7 Å². The van der Waals surface area contributed by atoms with Gasteiger partial charge in [-0.25, -0.2) is 17.5 Å². The Morgan fingerprint density at radius 2 is 1.72 bits per heavy atom. The largest absolute Gasteiger partial charge is 0.350 e. The third kappa shape index (κ3) is 5.95. The van der Waals surface area contributed by atoms with Crippen molar-refractivity contribution in [2.24, 2.45) is 0 Å². The molecule has 1 amide bonds. The number of benzene rings is 2. The summed E-state index contributed by atoms with van der Waals surface area (Å²) in [4.78, 5) is 11.9. The van der Waals surface area contributed by atoms with Crippen molar-refractivity contribution in [3.63, 3.8) is 0 Å². The molecule has 134 valence electrons. The highest BCUT2D eigenvalue weighted by molar-refractivity contribution is 7.89. The molecule has 2 aromatic rings. The predicted molar refractivity (Wildman–Crippen MR) is 93.8 cm³/mol. The summed E-state index contributed by atoms with van der Waals surface area (Å²) in [5, 5.41) is 2.87. The van der Waals surface area contributed by atoms with Crippen molar-refractivity contribution in [1.29, 1.82) is 0 Å². The summed E-state index contributed by atoms with van der Waals surface area (Å²) in [6.07, 6.45) is 0.580. The van der Waals surface area contributed by atoms with E-state index in [2.05, 4.69) is 10.0 Å². The van der Waals surface area contributed by atoms with Gasteiger partial charge < -0.3 is 5.32 Å². The molecule has 1 atom stereocenters. The molecule has 1 unspecified atom stereocenters. The van der Waals surface area contributed by atoms with Crippen LogP contribution in [0.3, 0.4) is 0 Å². The normalized spacial score (nSPS) is 12.6. The summed E-state index contributed by atoms with van der Waals surface area (Å²) < 4.78 is 39.3. The van der Waals surface area contributed by atoms with Crippen LogP contribution in [0.1, 0.15) is 31.4 Å². The molecule has 7 heteroatoms. The molecule has 0 aliphatic carbocycles. The molecule has 0 bridgehead atoms. The second kappa shape index (κ2) is 8.73. The van der Waals surface area contributed by atoms with Gasteiger partial charge in [0, 0.05) is 13.0 Å². The summed E-state index contributed by atoms with van der Waals surface area (Å²) in [5.41, 5.74) is 1.01. The van der Waals surface area contributed by atoms with Crippen LogP contribution < -0.4 is 10.0 Å². The first-order valence-corrected chi connectivity index (χ1v) is 9.46. The van der Waals surface area contributed by atoms with Crippen molar-refractivity contribution in [2.75, 3.05) is 6.54 Å². The standard InChI is InChI=1S/C18H21FN2O3S/c1-14(15-6-3-2-4-7-15)21-18(22)8-5-13-20-25(23,24)17-11-9-16(19)10-12-17/h2-4,6-7,9-12,14,20H,5,8,13H2,1H3,(H,21,22). The van der Waals surface area contributed by atoms with Gasteiger partial charge in [0.25, 0.3) is 0 Å². The van der Waals surface area contributed by atoms with Gasteiger partial charge in [0.2, 0.25) is 15.9 Å². The molecule has 2 aromatic carbocycles. The Morgan fingerprint density at radius 3 is 2.36 bits per heavy atom. The third-order valence-corrected chi connectivity index (χ3v) is 5.15. The van der Waals surface area contributed by atoms with Crippen LogP contribution in [-0.2, 0) is 14.8 Å². The van der Waals surface area contributed by atoms with Crippen molar-refractivity contribution in [2.45, 2.75) is 30.7 Å². The Hall–Kier alpha value is -2.25. The molecule has 0 aliphatic rings. The lowest BCUT2D eigenvalue weighted by molar-refractivity contribution is -0.121. The molecule has 0 aliphatic heterocycles. The van der Waals surface area contributed by atoms with Crippen molar-refractivity contribution in [3.05, 3.63) is 66.0 Å². The van der Waals surface area contributed by atoms with E-state index in [4.69, 9.17) is 0 Å². The molecule has 0 aromatic heterocycles. The van der Waals surface area contributed by atoms with E-state index in [1.165, 1.54) is 12.1 Å². The fraction of sp³-hybridized carbons (Fsp3) is 0.278. The van der Waals surface area contributed by atoms with Gasteiger partial charge in [-0.1, -0.05) is 30.3 Å². The molecule has 0 spiro atoms. The van der Waals surface area contributed by atoms with Gasteiger partial charge in [0.05, 0.1) is 10.9 Å². The predicted octanol–water partition coefficient (Wildman–Crippen LogP) is 2.76. The lowest BCUT2D eigenvalue weighted by atomic mass is 10.1. The van der Waals surface area contributed by atoms with E-state index >= 15 is 0 Å². The first-order valence-electron chi connectivity index (χ1n) is 7.98. The van der Waals surface area contributed by atoms with Crippen LogP contribution in [-0.4, -0.2) is 20.9 Å². The number of carbonyl (C=O) groups is 1. The Kier molecular flexibility index (Phi) is 6.66. The molecule has 2 N–H and O–H groups in total. The number of carbonyl (C=O) groups excluding carboxylic acids is 1. The van der Waals surface area contributed by atoms with Crippen LogP contribution in [0.2, 0.25) is 0 Å². The summed E-state index contributed by atoms with van der Waals surface area (Å²) >= 11 is 0. The maximum absolute atomic E-state index is 12.8. The van der Waals surface area contributed by atoms with Gasteiger partial charge >= 0.3 is 0 Å². The van der Waals surface area contributed by atoms with Crippen molar-refractivity contribution in [1.82, 2.24) is 10.0 Å². The maximum Gasteiger partial charge on any atom is 0.240 e. The number of rotatable bonds is 8. The molecule has 0 heterocycles. The highest BCUT2D eigenvalue weighted by atomic mass is 32.2. The third-order valence-electron chi connectivity index (χ3n) is 3.67. The van der Waals surface area contributed by atoms with Crippen molar-refractivity contribution < 1.29 is 17.6 Å². The highest BCUT2D eigenvalue weighted by Crippen LogP contribution is 2.12. The van der Waals surface area contributed by atoms with E-state index in [1.54, 1.807) is 0 Å². The smallest absolute Gasteiger partial charge is 0.240 e. The lowest BCUT2D eigenvalue weighted by Crippen LogP contribution is -2.29. The van der Waals surface area contributed by atoms with Crippen LogP contribution in [0.25, 0.3) is 0 Å². The molecule has 0 fully saturated rings. The number of hydrogen-bond acceptors (Lipinski definition) is 3. The Labute approximate surface area is 147 Å². The number of sulfonamides is 1. The van der Waals surface area contributed by atoms with Gasteiger partial charge in [-0.3, -0.25) is 4.79 Å². The zero-order valence-corrected chi connectivity index (χ0v) is 14.7. The summed E-state index contributed by atoms with van der Waals surface area (Å²) in [7, 11) is -3.69. The zero-order chi connectivity index (χ0) is 18.3. The van der Waals surface area contributed by atoms with E-state index in [0.29, 0.717) is 6.42 Å². The van der Waals surface area contributed by atoms with E-state index in [-0.39, 0.29) is 29.8 Å². The number of hydrogen-bond donors (Lipinski definition) is 2. The lowest BCUT2D eigenvalue weighted by Gasteiger charge is -2.14. The number of amides is 1. The van der Waals surface area contributed by atoms with Crippen LogP contribution in [0.5, 0.6) is 0 Å². The maximum atomic E-state index is 12.8. The second-order valence-corrected chi connectivity index (χ2v) is 7.42. The van der Waals surface area contributed by atoms with E-state index < -0.39 is 15.8 Å². The Morgan fingerprint density at radius 1 is 1.08 bits per heavy atom. The minimum Gasteiger partial charge on any atom is -0.350 e. The van der Waals surface area contributed by atoms with Gasteiger partial charge in [-0.2, -0.15) is 0 Å². The monoisotopic (exact) mass is 364 g/mol. The molecule has 2 rings (SSSR count). The van der Waals surface area contributed by atoms with Gasteiger partial charge in [0.15, 0.2) is 0 Å². The van der Waals surface area contributed by atoms with Crippen LogP contribution in [0.15, 0.2) is 59.5 Å². The average Bonchev–Trinajstić information content (AvgIpc) is 2.60. The minimum atomic E-state index is -3.69. The number of nitrogens with one attached hydrogen (secondary N) is 2. The SMILES string of the molecule is CC(NC(=O)CCCNS(=O)(=O)c1ccc(F)cc1)c1ccccc1. The topological polar surface area (TPSA) is 75.3 Å². The summed E-state index contributed by atoms with van der Waals surface area (Å²) in [6.45, 7) is 2.03. The Bertz CT molecular complexity index is 793. The summed E-state index contributed by atoms with van der Waals surface area (Å²) in [5.74, 6) is -0.638. The molecular formula is C18H21FN2O3S. The van der Waals surface area contributed by atoms with Crippen LogP contribution in [0, 0.1) is 5.82 Å². The fourth-order valence-corrected chi connectivity index (χ4v) is 3.37. The number of halogens is 1. The molecule has 25 heavy (non-hydrogen) atoms. The van der Waals surface area contributed by atoms with Crippen LogP contribution >= 0.6 is 0 Å². The summed E-state index contributed by atoms with van der Waals surface area (Å²) in [6, 6.07) is 14.1. The molecule has 0 radical (unpaired) electrons. The van der Waals surface area contributed by atoms with Gasteiger partial charge in [0.1, 0.15) is 5.82 Å². The van der Waals surface area contributed by atoms with E-state index in [9.17, 15) is 17.6 Å². The van der Waals surface area contributed by atoms with Crippen molar-refractivity contribution >= 4 is 15.9 Å². The Balaban J connectivity index is 1.75.